The maximum Gasteiger partial charge on any atom is 0.337 e. The number of benzene rings is 2. The molecule has 0 saturated heterocycles. The van der Waals surface area contributed by atoms with Crippen LogP contribution in [-0.4, -0.2) is 11.1 Å². The Balaban J connectivity index is 2.30. The average Bonchev–Trinajstić information content (AvgIpc) is 2.38. The molecule has 0 heterocycles. The third-order valence-electron chi connectivity index (χ3n) is 3.44. The van der Waals surface area contributed by atoms with Crippen molar-refractivity contribution in [2.24, 2.45) is 0 Å². The van der Waals surface area contributed by atoms with Gasteiger partial charge in [0.1, 0.15) is 0 Å². The van der Waals surface area contributed by atoms with E-state index >= 15 is 0 Å². The maximum atomic E-state index is 11.3. The van der Waals surface area contributed by atoms with Crippen LogP contribution in [0.4, 0.5) is 11.4 Å². The second-order valence-electron chi connectivity index (χ2n) is 6.31. The zero-order valence-corrected chi connectivity index (χ0v) is 12.9. The first kappa shape index (κ1) is 15.1. The fourth-order valence-corrected chi connectivity index (χ4v) is 2.16. The van der Waals surface area contributed by atoms with Gasteiger partial charge in [-0.3, -0.25) is 0 Å². The van der Waals surface area contributed by atoms with Gasteiger partial charge in [0, 0.05) is 5.69 Å². The Bertz CT molecular complexity index is 652. The van der Waals surface area contributed by atoms with Gasteiger partial charge in [-0.15, -0.1) is 0 Å². The molecule has 3 heteroatoms. The van der Waals surface area contributed by atoms with Crippen molar-refractivity contribution in [1.29, 1.82) is 0 Å². The minimum absolute atomic E-state index is 0.105. The number of anilines is 2. The smallest absolute Gasteiger partial charge is 0.337 e. The van der Waals surface area contributed by atoms with E-state index in [0.29, 0.717) is 5.69 Å². The lowest BCUT2D eigenvalue weighted by molar-refractivity contribution is 0.0698. The Morgan fingerprint density at radius 1 is 1.05 bits per heavy atom. The molecular formula is C18H21NO2. The minimum Gasteiger partial charge on any atom is -0.478 e. The van der Waals surface area contributed by atoms with Gasteiger partial charge in [-0.05, 0) is 47.7 Å². The van der Waals surface area contributed by atoms with E-state index in [1.807, 2.05) is 25.1 Å². The largest absolute Gasteiger partial charge is 0.478 e. The monoisotopic (exact) mass is 283 g/mol. The van der Waals surface area contributed by atoms with Crippen LogP contribution in [0.3, 0.4) is 0 Å². The van der Waals surface area contributed by atoms with Gasteiger partial charge in [0.05, 0.1) is 11.3 Å². The minimum atomic E-state index is -0.927. The summed E-state index contributed by atoms with van der Waals surface area (Å²) in [6.07, 6.45) is 0. The number of aromatic carboxylic acids is 1. The third kappa shape index (κ3) is 3.63. The Morgan fingerprint density at radius 2 is 1.67 bits per heavy atom. The molecule has 3 nitrogen and oxygen atoms in total. The summed E-state index contributed by atoms with van der Waals surface area (Å²) in [5.41, 5.74) is 4.15. The van der Waals surface area contributed by atoms with Crippen LogP contribution in [-0.2, 0) is 5.41 Å². The second-order valence-corrected chi connectivity index (χ2v) is 6.31. The first-order valence-electron chi connectivity index (χ1n) is 6.99. The number of rotatable bonds is 3. The van der Waals surface area contributed by atoms with E-state index in [-0.39, 0.29) is 11.0 Å². The topological polar surface area (TPSA) is 49.3 Å². The molecular weight excluding hydrogens is 262 g/mol. The molecule has 0 atom stereocenters. The van der Waals surface area contributed by atoms with E-state index < -0.39 is 5.97 Å². The molecule has 0 aromatic heterocycles. The van der Waals surface area contributed by atoms with Crippen molar-refractivity contribution in [3.05, 3.63) is 59.2 Å². The van der Waals surface area contributed by atoms with Gasteiger partial charge in [0.15, 0.2) is 0 Å². The normalized spacial score (nSPS) is 11.2. The van der Waals surface area contributed by atoms with Crippen molar-refractivity contribution in [2.75, 3.05) is 5.32 Å². The van der Waals surface area contributed by atoms with Crippen LogP contribution in [0.25, 0.3) is 0 Å². The molecule has 0 bridgehead atoms. The molecule has 2 N–H and O–H groups in total. The second kappa shape index (κ2) is 5.60. The standard InChI is InChI=1S/C18H21NO2/c1-12-5-10-15(17(20)21)16(11-12)19-14-8-6-13(7-9-14)18(2,3)4/h5-11,19H,1-4H3,(H,20,21). The summed E-state index contributed by atoms with van der Waals surface area (Å²) in [6.45, 7) is 8.44. The molecule has 0 aliphatic heterocycles. The lowest BCUT2D eigenvalue weighted by atomic mass is 9.87. The van der Waals surface area contributed by atoms with E-state index in [9.17, 15) is 9.90 Å². The highest BCUT2D eigenvalue weighted by atomic mass is 16.4. The predicted octanol–water partition coefficient (Wildman–Crippen LogP) is 4.73. The lowest BCUT2D eigenvalue weighted by Crippen LogP contribution is -2.10. The fourth-order valence-electron chi connectivity index (χ4n) is 2.16. The summed E-state index contributed by atoms with van der Waals surface area (Å²) in [5.74, 6) is -0.927. The summed E-state index contributed by atoms with van der Waals surface area (Å²) in [4.78, 5) is 11.3. The van der Waals surface area contributed by atoms with Crippen molar-refractivity contribution in [3.63, 3.8) is 0 Å². The van der Waals surface area contributed by atoms with Gasteiger partial charge >= 0.3 is 5.97 Å². The molecule has 0 amide bonds. The van der Waals surface area contributed by atoms with Crippen molar-refractivity contribution in [3.8, 4) is 0 Å². The molecule has 110 valence electrons. The fraction of sp³-hybridized carbons (Fsp3) is 0.278. The van der Waals surface area contributed by atoms with Gasteiger partial charge in [-0.25, -0.2) is 4.79 Å². The van der Waals surface area contributed by atoms with Gasteiger partial charge in [-0.1, -0.05) is 39.0 Å². The molecule has 0 fully saturated rings. The highest BCUT2D eigenvalue weighted by Crippen LogP contribution is 2.26. The number of hydrogen-bond donors (Lipinski definition) is 2. The van der Waals surface area contributed by atoms with Crippen LogP contribution >= 0.6 is 0 Å². The summed E-state index contributed by atoms with van der Waals surface area (Å²) in [5, 5.41) is 12.4. The van der Waals surface area contributed by atoms with Crippen molar-refractivity contribution in [1.82, 2.24) is 0 Å². The highest BCUT2D eigenvalue weighted by molar-refractivity contribution is 5.95. The molecule has 0 saturated carbocycles. The Morgan fingerprint density at radius 3 is 2.19 bits per heavy atom. The van der Waals surface area contributed by atoms with Crippen LogP contribution in [0.5, 0.6) is 0 Å². The highest BCUT2D eigenvalue weighted by Gasteiger charge is 2.14. The summed E-state index contributed by atoms with van der Waals surface area (Å²) < 4.78 is 0. The van der Waals surface area contributed by atoms with Crippen LogP contribution in [0.1, 0.15) is 42.3 Å². The molecule has 2 aromatic carbocycles. The Labute approximate surface area is 125 Å². The number of aryl methyl sites for hydroxylation is 1. The van der Waals surface area contributed by atoms with E-state index in [4.69, 9.17) is 0 Å². The SMILES string of the molecule is Cc1ccc(C(=O)O)c(Nc2ccc(C(C)(C)C)cc2)c1. The molecule has 0 radical (unpaired) electrons. The van der Waals surface area contributed by atoms with E-state index in [2.05, 4.69) is 38.2 Å². The van der Waals surface area contributed by atoms with Gasteiger partial charge in [-0.2, -0.15) is 0 Å². The lowest BCUT2D eigenvalue weighted by Gasteiger charge is -2.19. The number of carboxylic acid groups (broad SMARTS) is 1. The first-order valence-corrected chi connectivity index (χ1v) is 6.99. The summed E-state index contributed by atoms with van der Waals surface area (Å²) >= 11 is 0. The number of nitrogens with one attached hydrogen (secondary N) is 1. The van der Waals surface area contributed by atoms with Gasteiger partial charge in [0.25, 0.3) is 0 Å². The average molecular weight is 283 g/mol. The van der Waals surface area contributed by atoms with Crippen LogP contribution in [0, 0.1) is 6.92 Å². The maximum absolute atomic E-state index is 11.3. The van der Waals surface area contributed by atoms with Crippen molar-refractivity contribution in [2.45, 2.75) is 33.1 Å². The van der Waals surface area contributed by atoms with Crippen LogP contribution < -0.4 is 5.32 Å². The van der Waals surface area contributed by atoms with Crippen molar-refractivity contribution < 1.29 is 9.90 Å². The molecule has 21 heavy (non-hydrogen) atoms. The molecule has 0 spiro atoms. The van der Waals surface area contributed by atoms with E-state index in [0.717, 1.165) is 11.3 Å². The van der Waals surface area contributed by atoms with Crippen molar-refractivity contribution >= 4 is 17.3 Å². The number of hydrogen-bond acceptors (Lipinski definition) is 2. The van der Waals surface area contributed by atoms with Gasteiger partial charge < -0.3 is 10.4 Å². The molecule has 2 aromatic rings. The molecule has 2 rings (SSSR count). The summed E-state index contributed by atoms with van der Waals surface area (Å²) in [6, 6.07) is 13.4. The van der Waals surface area contributed by atoms with Crippen LogP contribution in [0.15, 0.2) is 42.5 Å². The number of carboxylic acids is 1. The van der Waals surface area contributed by atoms with E-state index in [1.165, 1.54) is 5.56 Å². The van der Waals surface area contributed by atoms with Gasteiger partial charge in [0.2, 0.25) is 0 Å². The number of carbonyl (C=O) groups is 1. The third-order valence-corrected chi connectivity index (χ3v) is 3.44. The molecule has 0 aliphatic carbocycles. The van der Waals surface area contributed by atoms with Crippen LogP contribution in [0.2, 0.25) is 0 Å². The molecule has 0 unspecified atom stereocenters. The summed E-state index contributed by atoms with van der Waals surface area (Å²) in [7, 11) is 0. The Kier molecular flexibility index (Phi) is 4.03. The first-order chi connectivity index (χ1) is 9.77. The quantitative estimate of drug-likeness (QED) is 0.855. The zero-order valence-electron chi connectivity index (χ0n) is 12.9. The predicted molar refractivity (Wildman–Crippen MR) is 86.6 cm³/mol. The Hall–Kier alpha value is -2.29. The zero-order chi connectivity index (χ0) is 15.6. The van der Waals surface area contributed by atoms with E-state index in [1.54, 1.807) is 12.1 Å². The molecule has 0 aliphatic rings.